The summed E-state index contributed by atoms with van der Waals surface area (Å²) in [5.41, 5.74) is -0.376. The number of isocyanates is 2. The minimum atomic E-state index is -1.13. The Morgan fingerprint density at radius 3 is 2.05 bits per heavy atom. The number of rotatable bonds is 4. The monoisotopic (exact) mass is 256 g/mol. The molecule has 0 N–H and O–H groups in total. The van der Waals surface area contributed by atoms with E-state index >= 15 is 0 Å². The van der Waals surface area contributed by atoms with Gasteiger partial charge in [0.1, 0.15) is 0 Å². The molecule has 98 valence electrons. The molecule has 4 heteroatoms. The van der Waals surface area contributed by atoms with E-state index in [9.17, 15) is 9.59 Å². The van der Waals surface area contributed by atoms with Gasteiger partial charge in [-0.25, -0.2) is 9.59 Å². The Kier molecular flexibility index (Phi) is 4.40. The molecule has 0 saturated heterocycles. The van der Waals surface area contributed by atoms with E-state index in [-0.39, 0.29) is 5.92 Å². The van der Waals surface area contributed by atoms with E-state index in [0.29, 0.717) is 0 Å². The fourth-order valence-electron chi connectivity index (χ4n) is 2.90. The van der Waals surface area contributed by atoms with Crippen LogP contribution in [0.15, 0.2) is 40.3 Å². The van der Waals surface area contributed by atoms with Crippen molar-refractivity contribution in [2.24, 2.45) is 15.9 Å². The maximum atomic E-state index is 10.8. The summed E-state index contributed by atoms with van der Waals surface area (Å²) in [6, 6.07) is 9.28. The standard InChI is InChI=1S/C15H16N2O2/c18-11-16-15(17-12-19,13-7-3-1-4-8-13)14-9-5-2-6-10-14/h1,3-4,7-8,14H,2,5-6,9-10H2. The lowest BCUT2D eigenvalue weighted by molar-refractivity contribution is 0.216. The van der Waals surface area contributed by atoms with Gasteiger partial charge < -0.3 is 0 Å². The Morgan fingerprint density at radius 2 is 1.53 bits per heavy atom. The van der Waals surface area contributed by atoms with Crippen LogP contribution >= 0.6 is 0 Å². The average molecular weight is 256 g/mol. The van der Waals surface area contributed by atoms with Crippen LogP contribution in [-0.4, -0.2) is 12.2 Å². The molecule has 1 aliphatic carbocycles. The first-order valence-corrected chi connectivity index (χ1v) is 6.57. The largest absolute Gasteiger partial charge is 0.237 e. The SMILES string of the molecule is O=C=NC(N=C=O)(c1ccccc1)C1CCCCC1. The van der Waals surface area contributed by atoms with Crippen molar-refractivity contribution in [3.63, 3.8) is 0 Å². The number of nitrogens with zero attached hydrogens (tertiary/aromatic N) is 2. The minimum Gasteiger partial charge on any atom is -0.211 e. The summed E-state index contributed by atoms with van der Waals surface area (Å²) >= 11 is 0. The molecule has 0 bridgehead atoms. The fraction of sp³-hybridized carbons (Fsp3) is 0.467. The highest BCUT2D eigenvalue weighted by Gasteiger charge is 2.41. The molecule has 0 aromatic heterocycles. The highest BCUT2D eigenvalue weighted by atomic mass is 16.1. The number of benzene rings is 1. The first-order chi connectivity index (χ1) is 9.33. The van der Waals surface area contributed by atoms with Crippen LogP contribution in [0.4, 0.5) is 0 Å². The molecule has 2 rings (SSSR count). The number of aliphatic imine (C=N–C) groups is 2. The molecule has 4 nitrogen and oxygen atoms in total. The van der Waals surface area contributed by atoms with Crippen molar-refractivity contribution < 1.29 is 9.59 Å². The van der Waals surface area contributed by atoms with Gasteiger partial charge in [-0.15, -0.1) is 0 Å². The molecule has 19 heavy (non-hydrogen) atoms. The van der Waals surface area contributed by atoms with E-state index in [1.54, 1.807) is 12.2 Å². The van der Waals surface area contributed by atoms with Crippen LogP contribution in [0.25, 0.3) is 0 Å². The number of hydrogen-bond donors (Lipinski definition) is 0. The molecule has 0 radical (unpaired) electrons. The van der Waals surface area contributed by atoms with Crippen molar-refractivity contribution in [2.45, 2.75) is 37.8 Å². The number of carbonyl (C=O) groups excluding carboxylic acids is 2. The topological polar surface area (TPSA) is 58.9 Å². The Hall–Kier alpha value is -2.02. The maximum absolute atomic E-state index is 10.8. The van der Waals surface area contributed by atoms with E-state index in [0.717, 1.165) is 31.2 Å². The predicted octanol–water partition coefficient (Wildman–Crippen LogP) is 3.09. The molecule has 0 amide bonds. The summed E-state index contributed by atoms with van der Waals surface area (Å²) < 4.78 is 0. The van der Waals surface area contributed by atoms with E-state index < -0.39 is 5.66 Å². The van der Waals surface area contributed by atoms with Crippen LogP contribution in [0.2, 0.25) is 0 Å². The van der Waals surface area contributed by atoms with Crippen molar-refractivity contribution in [3.8, 4) is 0 Å². The van der Waals surface area contributed by atoms with Crippen molar-refractivity contribution in [2.75, 3.05) is 0 Å². The van der Waals surface area contributed by atoms with Gasteiger partial charge in [0.15, 0.2) is 0 Å². The lowest BCUT2D eigenvalue weighted by atomic mass is 9.77. The van der Waals surface area contributed by atoms with Crippen LogP contribution < -0.4 is 0 Å². The van der Waals surface area contributed by atoms with Crippen LogP contribution in [-0.2, 0) is 15.3 Å². The van der Waals surface area contributed by atoms with Gasteiger partial charge in [0.05, 0.1) is 0 Å². The fourth-order valence-corrected chi connectivity index (χ4v) is 2.90. The maximum Gasteiger partial charge on any atom is 0.237 e. The molecule has 1 aromatic rings. The molecule has 1 aromatic carbocycles. The summed E-state index contributed by atoms with van der Waals surface area (Å²) in [7, 11) is 0. The molecular formula is C15H16N2O2. The molecular weight excluding hydrogens is 240 g/mol. The first kappa shape index (κ1) is 13.4. The minimum absolute atomic E-state index is 0.0616. The Labute approximate surface area is 112 Å². The second kappa shape index (κ2) is 6.24. The van der Waals surface area contributed by atoms with E-state index in [1.165, 1.54) is 6.42 Å². The highest BCUT2D eigenvalue weighted by Crippen LogP contribution is 2.42. The molecule has 0 heterocycles. The van der Waals surface area contributed by atoms with Crippen LogP contribution in [0, 0.1) is 5.92 Å². The van der Waals surface area contributed by atoms with Gasteiger partial charge in [-0.1, -0.05) is 49.6 Å². The van der Waals surface area contributed by atoms with Crippen molar-refractivity contribution in [1.82, 2.24) is 0 Å². The lowest BCUT2D eigenvalue weighted by Crippen LogP contribution is -2.33. The Bertz CT molecular complexity index is 490. The third kappa shape index (κ3) is 2.70. The molecule has 0 atom stereocenters. The van der Waals surface area contributed by atoms with Gasteiger partial charge in [-0.3, -0.25) is 0 Å². The van der Waals surface area contributed by atoms with Gasteiger partial charge >= 0.3 is 0 Å². The zero-order valence-corrected chi connectivity index (χ0v) is 10.7. The summed E-state index contributed by atoms with van der Waals surface area (Å²) in [5, 5.41) is 0. The molecule has 1 saturated carbocycles. The second-order valence-corrected chi connectivity index (χ2v) is 4.83. The smallest absolute Gasteiger partial charge is 0.211 e. The van der Waals surface area contributed by atoms with E-state index in [4.69, 9.17) is 0 Å². The summed E-state index contributed by atoms with van der Waals surface area (Å²) in [4.78, 5) is 29.5. The molecule has 0 spiro atoms. The summed E-state index contributed by atoms with van der Waals surface area (Å²) in [6.07, 6.45) is 8.32. The summed E-state index contributed by atoms with van der Waals surface area (Å²) in [6.45, 7) is 0. The lowest BCUT2D eigenvalue weighted by Gasteiger charge is -2.34. The molecule has 1 aliphatic rings. The third-order valence-electron chi connectivity index (χ3n) is 3.81. The second-order valence-electron chi connectivity index (χ2n) is 4.83. The van der Waals surface area contributed by atoms with E-state index in [1.807, 2.05) is 30.3 Å². The predicted molar refractivity (Wildman–Crippen MR) is 70.9 cm³/mol. The zero-order valence-electron chi connectivity index (χ0n) is 10.7. The molecule has 0 aliphatic heterocycles. The van der Waals surface area contributed by atoms with Crippen molar-refractivity contribution >= 4 is 12.2 Å². The van der Waals surface area contributed by atoms with Gasteiger partial charge in [0.25, 0.3) is 0 Å². The first-order valence-electron chi connectivity index (χ1n) is 6.57. The Morgan fingerprint density at radius 1 is 0.947 bits per heavy atom. The molecule has 0 unspecified atom stereocenters. The van der Waals surface area contributed by atoms with Crippen molar-refractivity contribution in [3.05, 3.63) is 35.9 Å². The van der Waals surface area contributed by atoms with Crippen LogP contribution in [0.1, 0.15) is 37.7 Å². The van der Waals surface area contributed by atoms with Gasteiger partial charge in [-0.05, 0) is 12.8 Å². The Balaban J connectivity index is 2.52. The van der Waals surface area contributed by atoms with Crippen molar-refractivity contribution in [1.29, 1.82) is 0 Å². The molecule has 1 fully saturated rings. The third-order valence-corrected chi connectivity index (χ3v) is 3.81. The normalized spacial score (nSPS) is 18.7. The average Bonchev–Trinajstić information content (AvgIpc) is 2.49. The summed E-state index contributed by atoms with van der Waals surface area (Å²) in [5.74, 6) is 0.0616. The van der Waals surface area contributed by atoms with Crippen LogP contribution in [0.5, 0.6) is 0 Å². The van der Waals surface area contributed by atoms with Gasteiger partial charge in [0.2, 0.25) is 17.8 Å². The van der Waals surface area contributed by atoms with Gasteiger partial charge in [-0.2, -0.15) is 9.98 Å². The quantitative estimate of drug-likeness (QED) is 0.614. The van der Waals surface area contributed by atoms with Crippen LogP contribution in [0.3, 0.4) is 0 Å². The highest BCUT2D eigenvalue weighted by molar-refractivity contribution is 5.43. The number of hydrogen-bond acceptors (Lipinski definition) is 4. The van der Waals surface area contributed by atoms with Gasteiger partial charge in [0, 0.05) is 11.5 Å². The zero-order chi connectivity index (χ0) is 13.6. The van der Waals surface area contributed by atoms with E-state index in [2.05, 4.69) is 9.98 Å².